The van der Waals surface area contributed by atoms with Gasteiger partial charge in [0.25, 0.3) is 0 Å². The Morgan fingerprint density at radius 1 is 0.900 bits per heavy atom. The quantitative estimate of drug-likeness (QED) is 0.127. The van der Waals surface area contributed by atoms with Crippen LogP contribution in [0.5, 0.6) is 11.5 Å². The van der Waals surface area contributed by atoms with Crippen molar-refractivity contribution in [3.63, 3.8) is 0 Å². The first-order chi connectivity index (χ1) is 23.2. The van der Waals surface area contributed by atoms with E-state index in [0.29, 0.717) is 49.9 Å². The van der Waals surface area contributed by atoms with E-state index in [9.17, 15) is 13.2 Å². The number of halogens is 3. The number of aromatic nitrogens is 3. The fourth-order valence-electron chi connectivity index (χ4n) is 6.79. The van der Waals surface area contributed by atoms with E-state index in [1.807, 2.05) is 48.7 Å². The average Bonchev–Trinajstić information content (AvgIpc) is 3.51. The zero-order valence-electron chi connectivity index (χ0n) is 28.2. The van der Waals surface area contributed by atoms with Crippen molar-refractivity contribution < 1.29 is 39.0 Å². The number of pyridine rings is 2. The maximum atomic E-state index is 14.4. The van der Waals surface area contributed by atoms with Gasteiger partial charge in [-0.05, 0) is 6.07 Å². The van der Waals surface area contributed by atoms with Gasteiger partial charge in [-0.25, -0.2) is 0 Å². The molecular formula is C39H32F3GeN3OPtSSi. The molecule has 50 heavy (non-hydrogen) atoms. The van der Waals surface area contributed by atoms with Gasteiger partial charge in [0.15, 0.2) is 0 Å². The predicted octanol–water partition coefficient (Wildman–Crippen LogP) is 11.1. The van der Waals surface area contributed by atoms with Crippen molar-refractivity contribution in [2.24, 2.45) is 0 Å². The van der Waals surface area contributed by atoms with Gasteiger partial charge in [-0.15, -0.1) is 6.07 Å². The van der Waals surface area contributed by atoms with Gasteiger partial charge in [-0.3, -0.25) is 4.98 Å². The Morgan fingerprint density at radius 3 is 2.36 bits per heavy atom. The molecule has 0 spiro atoms. The number of hydrogen-bond donors (Lipinski definition) is 0. The van der Waals surface area contributed by atoms with E-state index in [-0.39, 0.29) is 26.6 Å². The van der Waals surface area contributed by atoms with E-state index >= 15 is 0 Å². The molecule has 0 amide bonds. The Hall–Kier alpha value is -3.37. The van der Waals surface area contributed by atoms with E-state index in [2.05, 4.69) is 77.2 Å². The second-order valence-corrected chi connectivity index (χ2v) is 32.4. The molecule has 7 aromatic rings. The normalized spacial score (nSPS) is 13.0. The molecule has 11 heteroatoms. The summed E-state index contributed by atoms with van der Waals surface area (Å²) in [6.07, 6.45) is -0.943. The maximum absolute atomic E-state index is 14.4. The second kappa shape index (κ2) is 12.4. The number of alkyl halides is 3. The predicted molar refractivity (Wildman–Crippen MR) is 199 cm³/mol. The van der Waals surface area contributed by atoms with Crippen LogP contribution < -0.4 is 9.92 Å². The van der Waals surface area contributed by atoms with E-state index in [1.54, 1.807) is 6.20 Å². The first-order valence-corrected chi connectivity index (χ1v) is 28.2. The Kier molecular flexibility index (Phi) is 8.69. The third-order valence-corrected chi connectivity index (χ3v) is 15.0. The molecule has 1 aliphatic rings. The van der Waals surface area contributed by atoms with Gasteiger partial charge in [-0.2, -0.15) is 0 Å². The van der Waals surface area contributed by atoms with Gasteiger partial charge in [0.1, 0.15) is 0 Å². The minimum Gasteiger partial charge on any atom is 2.00 e. The topological polar surface area (TPSA) is 47.9 Å². The Balaban J connectivity index is 0.00000392. The summed E-state index contributed by atoms with van der Waals surface area (Å²) in [5.74, 6) is 8.00. The molecule has 254 valence electrons. The van der Waals surface area contributed by atoms with Crippen LogP contribution in [0.15, 0.2) is 73.1 Å². The number of fused-ring (bicyclic) bond motifs is 5. The zero-order valence-corrected chi connectivity index (χ0v) is 34.4. The molecule has 4 aromatic carbocycles. The Morgan fingerprint density at radius 2 is 1.66 bits per heavy atom. The van der Waals surface area contributed by atoms with Crippen molar-refractivity contribution in [3.05, 3.63) is 95.8 Å². The number of nitrogens with zero attached hydrogens (tertiary/aromatic N) is 3. The van der Waals surface area contributed by atoms with E-state index < -0.39 is 32.5 Å². The Bertz CT molecular complexity index is 2470. The van der Waals surface area contributed by atoms with Gasteiger partial charge >= 0.3 is 244 Å². The fourth-order valence-corrected chi connectivity index (χ4v) is 12.3. The molecule has 4 nitrogen and oxygen atoms in total. The molecule has 0 N–H and O–H groups in total. The third-order valence-electron chi connectivity index (χ3n) is 8.84. The van der Waals surface area contributed by atoms with Crippen LogP contribution in [-0.2, 0) is 32.5 Å². The second-order valence-electron chi connectivity index (χ2n) is 14.8. The van der Waals surface area contributed by atoms with Crippen molar-refractivity contribution in [2.45, 2.75) is 48.3 Å². The summed E-state index contributed by atoms with van der Waals surface area (Å²) in [7, 11) is -1.92. The van der Waals surface area contributed by atoms with Crippen LogP contribution in [0.1, 0.15) is 10.6 Å². The third kappa shape index (κ3) is 6.04. The van der Waals surface area contributed by atoms with Crippen molar-refractivity contribution in [2.75, 3.05) is 0 Å². The summed E-state index contributed by atoms with van der Waals surface area (Å²) >= 11 is -1.43. The summed E-state index contributed by atoms with van der Waals surface area (Å²) in [4.78, 5) is 13.8. The largest absolute Gasteiger partial charge is 2.00 e. The van der Waals surface area contributed by atoms with Crippen LogP contribution in [0.25, 0.3) is 65.4 Å². The molecule has 0 bridgehead atoms. The summed E-state index contributed by atoms with van der Waals surface area (Å²) in [6.45, 7) is 6.86. The molecule has 0 fully saturated rings. The van der Waals surface area contributed by atoms with Crippen molar-refractivity contribution in [1.82, 2.24) is 15.0 Å². The first-order valence-electron chi connectivity index (χ1n) is 16.1. The number of hydrogen-bond acceptors (Lipinski definition) is 5. The first kappa shape index (κ1) is 35.0. The van der Waals surface area contributed by atoms with Gasteiger partial charge in [-0.1, -0.05) is 31.8 Å². The molecule has 4 heterocycles. The van der Waals surface area contributed by atoms with Gasteiger partial charge in [0, 0.05) is 11.9 Å². The summed E-state index contributed by atoms with van der Waals surface area (Å²) in [5, 5.41) is 5.01. The van der Waals surface area contributed by atoms with E-state index in [0.717, 1.165) is 38.1 Å². The number of ether oxygens (including phenoxy) is 1. The van der Waals surface area contributed by atoms with Crippen LogP contribution >= 0.6 is 11.3 Å². The molecule has 3 aromatic heterocycles. The van der Waals surface area contributed by atoms with Crippen LogP contribution in [0.2, 0.25) is 36.9 Å². The van der Waals surface area contributed by atoms with E-state index in [1.165, 1.54) is 10.8 Å². The van der Waals surface area contributed by atoms with Crippen LogP contribution in [0, 0.1) is 12.1 Å². The minimum atomic E-state index is -4.63. The van der Waals surface area contributed by atoms with Crippen LogP contribution in [0.3, 0.4) is 0 Å². The molecule has 1 aliphatic heterocycles. The number of benzene rings is 4. The summed E-state index contributed by atoms with van der Waals surface area (Å²) in [5.41, 5.74) is 5.34. The smallest absolute Gasteiger partial charge is 2.00 e. The molecule has 0 atom stereocenters. The van der Waals surface area contributed by atoms with Crippen LogP contribution in [0.4, 0.5) is 13.2 Å². The molecule has 0 aliphatic carbocycles. The molecule has 0 radical (unpaired) electrons. The average molecular weight is 944 g/mol. The van der Waals surface area contributed by atoms with Crippen LogP contribution in [-0.4, -0.2) is 36.3 Å². The Labute approximate surface area is 310 Å². The van der Waals surface area contributed by atoms with Gasteiger partial charge in [0.05, 0.1) is 8.07 Å². The number of thiazole rings is 1. The SMILES string of the molecule is C[Si](C)(C)c1cc(-c2ccccn2)[c-]c2c(-c3[c-]c4c(c5sc(C(F)(F)F)nc35)Oc3cccc5c([CH2][Ge]([CH3])([CH3])[CH3])cnc-4c35)cccc12.[Pt+2]. The molecule has 8 rings (SSSR count). The van der Waals surface area contributed by atoms with Crippen molar-refractivity contribution in [1.29, 1.82) is 0 Å². The fraction of sp³-hybridized carbons (Fsp3) is 0.205. The molecular weight excluding hydrogens is 911 g/mol. The summed E-state index contributed by atoms with van der Waals surface area (Å²) in [6, 6.07) is 27.0. The summed E-state index contributed by atoms with van der Waals surface area (Å²) < 4.78 is 49.9. The zero-order chi connectivity index (χ0) is 34.5. The van der Waals surface area contributed by atoms with Crippen molar-refractivity contribution >= 4 is 69.6 Å². The minimum absolute atomic E-state index is 0. The van der Waals surface area contributed by atoms with Gasteiger partial charge in [0.2, 0.25) is 0 Å². The van der Waals surface area contributed by atoms with Gasteiger partial charge < -0.3 is 0 Å². The maximum Gasteiger partial charge on any atom is 2.00 e. The molecule has 0 saturated heterocycles. The monoisotopic (exact) mass is 944 g/mol. The van der Waals surface area contributed by atoms with E-state index in [4.69, 9.17) is 9.72 Å². The molecule has 0 saturated carbocycles. The molecule has 0 unspecified atom stereocenters. The number of rotatable bonds is 5. The van der Waals surface area contributed by atoms with Crippen molar-refractivity contribution in [3.8, 4) is 45.1 Å². The standard InChI is InChI=1S/C39H32F3GeN3OSSi.Pt/c1-43(2,3)20-23-21-45-34-29-19-28(35-37(48-38(46-35)39(40,41)42)36(29)47-31-15-10-11-24(23)33(31)34)25-12-9-13-26-27(25)17-22(18-32(26)49(4,5)6)30-14-7-8-16-44-30;/h7-16,18,21H,20H2,1-6H3;/q-2;+2.